The molecular formula is K2O18. The van der Waals surface area contributed by atoms with Crippen molar-refractivity contribution in [1.82, 2.24) is 0 Å². The van der Waals surface area contributed by atoms with Crippen molar-refractivity contribution in [3.8, 4) is 0 Å². The van der Waals surface area contributed by atoms with Crippen molar-refractivity contribution in [2.75, 3.05) is 0 Å². The molecule has 0 aromatic carbocycles. The van der Waals surface area contributed by atoms with Gasteiger partial charge in [0.25, 0.3) is 0 Å². The van der Waals surface area contributed by atoms with E-state index in [1.807, 2.05) is 0 Å². The van der Waals surface area contributed by atoms with Crippen LogP contribution in [0.3, 0.4) is 0 Å². The van der Waals surface area contributed by atoms with Crippen LogP contribution in [-0.2, 0) is 80.6 Å². The van der Waals surface area contributed by atoms with Crippen LogP contribution in [0.1, 0.15) is 0 Å². The van der Waals surface area contributed by atoms with Crippen molar-refractivity contribution >= 4 is 0 Å². The molecule has 0 rings (SSSR count). The van der Waals surface area contributed by atoms with Gasteiger partial charge in [0.15, 0.2) is 0 Å². The van der Waals surface area contributed by atoms with Gasteiger partial charge in [-0.2, -0.15) is 0 Å². The van der Waals surface area contributed by atoms with Crippen LogP contribution in [0.2, 0.25) is 0 Å². The summed E-state index contributed by atoms with van der Waals surface area (Å²) >= 11 is 0. The van der Waals surface area contributed by atoms with E-state index in [1.54, 1.807) is 0 Å². The molecule has 0 amide bonds. The van der Waals surface area contributed by atoms with Crippen molar-refractivity contribution in [3.63, 3.8) is 0 Å². The van der Waals surface area contributed by atoms with Crippen molar-refractivity contribution < 1.29 is 194 Å². The smallest absolute Gasteiger partial charge is 0.689 e. The van der Waals surface area contributed by atoms with Crippen molar-refractivity contribution in [3.05, 3.63) is 0 Å². The number of hydrogen-bond donors (Lipinski definition) is 0. The van der Waals surface area contributed by atoms with Crippen LogP contribution >= 0.6 is 0 Å². The summed E-state index contributed by atoms with van der Waals surface area (Å²) in [4.78, 5) is 0. The largest absolute Gasteiger partial charge is 1.00 e. The first-order valence-electron chi connectivity index (χ1n) is 2.83. The molecule has 0 aliphatic rings. The molecule has 0 saturated carbocycles. The van der Waals surface area contributed by atoms with Gasteiger partial charge in [0.1, 0.15) is 0 Å². The van der Waals surface area contributed by atoms with E-state index >= 15 is 0 Å². The van der Waals surface area contributed by atoms with E-state index in [2.05, 4.69) is 80.6 Å². The van der Waals surface area contributed by atoms with Crippen molar-refractivity contribution in [1.29, 1.82) is 0 Å². The van der Waals surface area contributed by atoms with Gasteiger partial charge in [0.05, 0.1) is 0 Å². The molecule has 0 bridgehead atoms. The van der Waals surface area contributed by atoms with Gasteiger partial charge in [-0.15, -0.1) is 0 Å². The number of hydrogen-bond acceptors (Lipinski definition) is 18. The molecule has 0 aromatic heterocycles. The summed E-state index contributed by atoms with van der Waals surface area (Å²) in [5.41, 5.74) is 0. The topological polar surface area (TPSA) is 194 Å². The predicted octanol–water partition coefficient (Wildman–Crippen LogP) is -9.46. The molecule has 0 aromatic rings. The first-order chi connectivity index (χ1) is 8.91. The molecule has 0 fully saturated rings. The molecule has 110 valence electrons. The van der Waals surface area contributed by atoms with Crippen molar-refractivity contribution in [2.45, 2.75) is 0 Å². The van der Waals surface area contributed by atoms with E-state index < -0.39 is 0 Å². The molecule has 20 heteroatoms. The molecule has 0 N–H and O–H groups in total. The molecule has 0 spiro atoms. The Hall–Kier alpha value is 2.55. The van der Waals surface area contributed by atoms with E-state index in [0.717, 1.165) is 0 Å². The second-order valence-electron chi connectivity index (χ2n) is 1.09. The zero-order chi connectivity index (χ0) is 13.3. The van der Waals surface area contributed by atoms with Gasteiger partial charge in [0, 0.05) is 0 Å². The average molecular weight is 366 g/mol. The summed E-state index contributed by atoms with van der Waals surface area (Å²) < 4.78 is 0. The summed E-state index contributed by atoms with van der Waals surface area (Å²) in [5.74, 6) is 0. The second kappa shape index (κ2) is 26.4. The quantitative estimate of drug-likeness (QED) is 0.114. The summed E-state index contributed by atoms with van der Waals surface area (Å²) in [6, 6.07) is 0. The summed E-state index contributed by atoms with van der Waals surface area (Å²) in [5, 5.41) is 70.0. The maximum Gasteiger partial charge on any atom is 1.00 e. The van der Waals surface area contributed by atoms with Gasteiger partial charge >= 0.3 is 103 Å². The Balaban J connectivity index is -0.00000144. The van der Waals surface area contributed by atoms with Gasteiger partial charge in [-0.1, -0.05) is 0 Å². The Labute approximate surface area is 190 Å². The molecular weight excluding hydrogens is 366 g/mol. The summed E-state index contributed by atoms with van der Waals surface area (Å²) in [7, 11) is 0. The Bertz CT molecular complexity index is 121. The predicted molar refractivity (Wildman–Crippen MR) is 17.4 cm³/mol. The van der Waals surface area contributed by atoms with Gasteiger partial charge in [-0.25, -0.2) is 0 Å². The van der Waals surface area contributed by atoms with E-state index in [4.69, 9.17) is 10.5 Å². The Morgan fingerprint density at radius 1 is 0.300 bits per heavy atom. The fraction of sp³-hybridized carbons (Fsp3) is 0. The van der Waals surface area contributed by atoms with E-state index in [1.165, 1.54) is 0 Å². The summed E-state index contributed by atoms with van der Waals surface area (Å²) in [6.07, 6.45) is 0. The monoisotopic (exact) mass is 366 g/mol. The van der Waals surface area contributed by atoms with Crippen LogP contribution in [0, 0.1) is 0 Å². The maximum atomic E-state index is 9.06. The van der Waals surface area contributed by atoms with Gasteiger partial charge in [0.2, 0.25) is 0 Å². The fourth-order valence-electron chi connectivity index (χ4n) is 0.159. The molecule has 0 atom stereocenters. The zero-order valence-corrected chi connectivity index (χ0v) is 15.6. The molecule has 18 nitrogen and oxygen atoms in total. The molecule has 0 heterocycles. The van der Waals surface area contributed by atoms with Crippen LogP contribution < -0.4 is 113 Å². The third-order valence-corrected chi connectivity index (χ3v) is 0.417. The maximum absolute atomic E-state index is 9.06. The normalized spacial score (nSPS) is 9.90. The average Bonchev–Trinajstić information content (AvgIpc) is 2.39. The fourth-order valence-corrected chi connectivity index (χ4v) is 0.159. The van der Waals surface area contributed by atoms with Crippen LogP contribution in [0.4, 0.5) is 0 Å². The summed E-state index contributed by atoms with van der Waals surface area (Å²) in [6.45, 7) is 0. The minimum absolute atomic E-state index is 0. The Morgan fingerprint density at radius 3 is 0.600 bits per heavy atom. The Morgan fingerprint density at radius 2 is 0.450 bits per heavy atom. The first kappa shape index (κ1) is 27.4. The standard InChI is InChI=1S/2K.H2O18/c;;1-3-5-7-9-11-13-15-17-18-16-14-12-10-8-6-4-2/h;;1-2H/q2*+1;/p-2. The molecule has 0 aliphatic heterocycles. The SMILES string of the molecule is [K+].[K+].[O-]OOOOOOOOOOOOOOOO[O-]. The third-order valence-electron chi connectivity index (χ3n) is 0.417. The number of rotatable bonds is 15. The minimum atomic E-state index is 0. The van der Waals surface area contributed by atoms with Crippen LogP contribution in [0.5, 0.6) is 0 Å². The van der Waals surface area contributed by atoms with E-state index in [9.17, 15) is 0 Å². The van der Waals surface area contributed by atoms with Gasteiger partial charge < -0.3 is 10.5 Å². The Kier molecular flexibility index (Phi) is 36.2. The molecule has 0 radical (unpaired) electrons. The zero-order valence-electron chi connectivity index (χ0n) is 9.35. The van der Waals surface area contributed by atoms with Crippen molar-refractivity contribution in [2.24, 2.45) is 0 Å². The minimum Gasteiger partial charge on any atom is -0.689 e. The third kappa shape index (κ3) is 25.5. The van der Waals surface area contributed by atoms with E-state index in [0.29, 0.717) is 0 Å². The van der Waals surface area contributed by atoms with Gasteiger partial charge in [-0.05, 0) is 70.5 Å². The van der Waals surface area contributed by atoms with Gasteiger partial charge in [-0.3, -0.25) is 10.1 Å². The second-order valence-corrected chi connectivity index (χ2v) is 1.09. The molecule has 0 aliphatic carbocycles. The van der Waals surface area contributed by atoms with Crippen LogP contribution in [0.25, 0.3) is 0 Å². The molecule has 20 heavy (non-hydrogen) atoms. The van der Waals surface area contributed by atoms with E-state index in [-0.39, 0.29) is 103 Å². The first-order valence-corrected chi connectivity index (χ1v) is 2.83. The molecule has 0 saturated heterocycles. The van der Waals surface area contributed by atoms with Crippen LogP contribution in [0.15, 0.2) is 0 Å². The molecule has 0 unspecified atom stereocenters. The van der Waals surface area contributed by atoms with Crippen LogP contribution in [-0.4, -0.2) is 0 Å².